The summed E-state index contributed by atoms with van der Waals surface area (Å²) in [4.78, 5) is 4.43. The van der Waals surface area contributed by atoms with Crippen LogP contribution < -0.4 is 9.47 Å². The average molecular weight is 336 g/mol. The highest BCUT2D eigenvalue weighted by atomic mass is 79.9. The van der Waals surface area contributed by atoms with E-state index in [-0.39, 0.29) is 0 Å². The van der Waals surface area contributed by atoms with Crippen LogP contribution in [0.15, 0.2) is 28.9 Å². The zero-order chi connectivity index (χ0) is 14.7. The van der Waals surface area contributed by atoms with Gasteiger partial charge in [0.2, 0.25) is 0 Å². The summed E-state index contributed by atoms with van der Waals surface area (Å²) in [6.45, 7) is 6.46. The highest BCUT2D eigenvalue weighted by Gasteiger charge is 2.10. The molecule has 0 spiro atoms. The molecule has 0 bridgehead atoms. The van der Waals surface area contributed by atoms with Crippen molar-refractivity contribution in [3.8, 4) is 11.5 Å². The van der Waals surface area contributed by atoms with E-state index in [9.17, 15) is 0 Å². The van der Waals surface area contributed by atoms with Crippen LogP contribution in [0.25, 0.3) is 0 Å². The molecule has 4 heteroatoms. The van der Waals surface area contributed by atoms with E-state index in [2.05, 4.69) is 20.9 Å². The van der Waals surface area contributed by atoms with E-state index in [0.717, 1.165) is 38.4 Å². The topological polar surface area (TPSA) is 31.4 Å². The summed E-state index contributed by atoms with van der Waals surface area (Å²) in [6.07, 6.45) is 1.82. The number of aromatic nitrogens is 1. The molecule has 0 atom stereocenters. The van der Waals surface area contributed by atoms with Gasteiger partial charge in [0.15, 0.2) is 0 Å². The molecule has 0 saturated carbocycles. The zero-order valence-electron chi connectivity index (χ0n) is 12.2. The first kappa shape index (κ1) is 14.9. The number of benzene rings is 1. The summed E-state index contributed by atoms with van der Waals surface area (Å²) >= 11 is 3.48. The van der Waals surface area contributed by atoms with Gasteiger partial charge in [-0.25, -0.2) is 0 Å². The number of rotatable bonds is 4. The third kappa shape index (κ3) is 3.12. The minimum atomic E-state index is 0.434. The SMILES string of the molecule is COc1c(C)cnc(COc2ccc(Br)c(C)c2)c1C. The quantitative estimate of drug-likeness (QED) is 0.831. The van der Waals surface area contributed by atoms with Gasteiger partial charge in [0, 0.05) is 21.8 Å². The van der Waals surface area contributed by atoms with Crippen molar-refractivity contribution in [3.63, 3.8) is 0 Å². The molecular formula is C16H18BrNO2. The Kier molecular flexibility index (Phi) is 4.65. The van der Waals surface area contributed by atoms with Crippen LogP contribution in [0.1, 0.15) is 22.4 Å². The van der Waals surface area contributed by atoms with E-state index in [1.54, 1.807) is 7.11 Å². The maximum absolute atomic E-state index is 5.81. The fraction of sp³-hybridized carbons (Fsp3) is 0.312. The van der Waals surface area contributed by atoms with E-state index in [1.807, 2.05) is 45.2 Å². The van der Waals surface area contributed by atoms with E-state index in [0.29, 0.717) is 6.61 Å². The van der Waals surface area contributed by atoms with Gasteiger partial charge in [-0.05, 0) is 44.5 Å². The molecule has 0 aliphatic rings. The van der Waals surface area contributed by atoms with Gasteiger partial charge in [0.05, 0.1) is 12.8 Å². The highest BCUT2D eigenvalue weighted by Crippen LogP contribution is 2.26. The Morgan fingerprint density at radius 3 is 2.55 bits per heavy atom. The molecule has 3 nitrogen and oxygen atoms in total. The van der Waals surface area contributed by atoms with Gasteiger partial charge < -0.3 is 9.47 Å². The van der Waals surface area contributed by atoms with E-state index >= 15 is 0 Å². The molecule has 0 unspecified atom stereocenters. The van der Waals surface area contributed by atoms with Crippen LogP contribution in [0, 0.1) is 20.8 Å². The molecule has 0 aliphatic carbocycles. The Morgan fingerprint density at radius 1 is 1.15 bits per heavy atom. The van der Waals surface area contributed by atoms with Gasteiger partial charge in [0.1, 0.15) is 18.1 Å². The molecule has 0 N–H and O–H groups in total. The van der Waals surface area contributed by atoms with E-state index < -0.39 is 0 Å². The number of halogens is 1. The van der Waals surface area contributed by atoms with Crippen LogP contribution in [-0.2, 0) is 6.61 Å². The maximum atomic E-state index is 5.81. The molecular weight excluding hydrogens is 318 g/mol. The molecule has 1 heterocycles. The lowest BCUT2D eigenvalue weighted by atomic mass is 10.1. The number of pyridine rings is 1. The molecule has 1 aromatic heterocycles. The van der Waals surface area contributed by atoms with Crippen molar-refractivity contribution in [2.45, 2.75) is 27.4 Å². The van der Waals surface area contributed by atoms with Crippen molar-refractivity contribution in [1.29, 1.82) is 0 Å². The summed E-state index contributed by atoms with van der Waals surface area (Å²) in [7, 11) is 1.68. The minimum absolute atomic E-state index is 0.434. The molecule has 0 radical (unpaired) electrons. The monoisotopic (exact) mass is 335 g/mol. The summed E-state index contributed by atoms with van der Waals surface area (Å²) in [6, 6.07) is 5.93. The van der Waals surface area contributed by atoms with E-state index in [4.69, 9.17) is 9.47 Å². The highest BCUT2D eigenvalue weighted by molar-refractivity contribution is 9.10. The lowest BCUT2D eigenvalue weighted by Crippen LogP contribution is -2.04. The fourth-order valence-corrected chi connectivity index (χ4v) is 2.32. The Morgan fingerprint density at radius 2 is 1.90 bits per heavy atom. The van der Waals surface area contributed by atoms with Crippen molar-refractivity contribution in [3.05, 3.63) is 51.3 Å². The van der Waals surface area contributed by atoms with Gasteiger partial charge in [-0.15, -0.1) is 0 Å². The van der Waals surface area contributed by atoms with Crippen LogP contribution >= 0.6 is 15.9 Å². The first-order valence-corrected chi connectivity index (χ1v) is 7.20. The molecule has 2 rings (SSSR count). The predicted octanol–water partition coefficient (Wildman–Crippen LogP) is 4.36. The fourth-order valence-electron chi connectivity index (χ4n) is 2.08. The first-order valence-electron chi connectivity index (χ1n) is 6.41. The summed E-state index contributed by atoms with van der Waals surface area (Å²) < 4.78 is 12.3. The Hall–Kier alpha value is -1.55. The van der Waals surface area contributed by atoms with Crippen LogP contribution in [0.2, 0.25) is 0 Å². The third-order valence-electron chi connectivity index (χ3n) is 3.25. The van der Waals surface area contributed by atoms with Crippen LogP contribution in [0.3, 0.4) is 0 Å². The summed E-state index contributed by atoms with van der Waals surface area (Å²) in [5.74, 6) is 1.72. The van der Waals surface area contributed by atoms with Crippen molar-refractivity contribution in [2.75, 3.05) is 7.11 Å². The molecule has 0 fully saturated rings. The van der Waals surface area contributed by atoms with Crippen LogP contribution in [0.5, 0.6) is 11.5 Å². The Bertz CT molecular complexity index is 626. The second kappa shape index (κ2) is 6.27. The number of methoxy groups -OCH3 is 1. The van der Waals surface area contributed by atoms with Crippen molar-refractivity contribution < 1.29 is 9.47 Å². The lowest BCUT2D eigenvalue weighted by Gasteiger charge is -2.13. The largest absolute Gasteiger partial charge is 0.496 e. The van der Waals surface area contributed by atoms with E-state index in [1.165, 1.54) is 0 Å². The second-order valence-corrected chi connectivity index (χ2v) is 5.60. The predicted molar refractivity (Wildman–Crippen MR) is 83.5 cm³/mol. The summed E-state index contributed by atoms with van der Waals surface area (Å²) in [5.41, 5.74) is 4.11. The second-order valence-electron chi connectivity index (χ2n) is 4.75. The lowest BCUT2D eigenvalue weighted by molar-refractivity contribution is 0.298. The van der Waals surface area contributed by atoms with Gasteiger partial charge in [-0.2, -0.15) is 0 Å². The molecule has 20 heavy (non-hydrogen) atoms. The number of nitrogens with zero attached hydrogens (tertiary/aromatic N) is 1. The first-order chi connectivity index (χ1) is 9.52. The van der Waals surface area contributed by atoms with Gasteiger partial charge >= 0.3 is 0 Å². The molecule has 2 aromatic rings. The Balaban J connectivity index is 2.16. The minimum Gasteiger partial charge on any atom is -0.496 e. The number of hydrogen-bond acceptors (Lipinski definition) is 3. The number of hydrogen-bond donors (Lipinski definition) is 0. The third-order valence-corrected chi connectivity index (χ3v) is 4.14. The van der Waals surface area contributed by atoms with Gasteiger partial charge in [-0.1, -0.05) is 15.9 Å². The smallest absolute Gasteiger partial charge is 0.131 e. The molecule has 0 aliphatic heterocycles. The maximum Gasteiger partial charge on any atom is 0.131 e. The standard InChI is InChI=1S/C16H18BrNO2/c1-10-7-13(5-6-14(10)17)20-9-15-12(3)16(19-4)11(2)8-18-15/h5-8H,9H2,1-4H3. The Labute approximate surface area is 128 Å². The molecule has 0 amide bonds. The normalized spacial score (nSPS) is 10.4. The molecule has 106 valence electrons. The zero-order valence-corrected chi connectivity index (χ0v) is 13.7. The molecule has 1 aromatic carbocycles. The van der Waals surface area contributed by atoms with Crippen molar-refractivity contribution in [2.24, 2.45) is 0 Å². The van der Waals surface area contributed by atoms with Crippen LogP contribution in [-0.4, -0.2) is 12.1 Å². The van der Waals surface area contributed by atoms with Crippen molar-refractivity contribution >= 4 is 15.9 Å². The average Bonchev–Trinajstić information content (AvgIpc) is 2.42. The van der Waals surface area contributed by atoms with Crippen molar-refractivity contribution in [1.82, 2.24) is 4.98 Å². The summed E-state index contributed by atoms with van der Waals surface area (Å²) in [5, 5.41) is 0. The van der Waals surface area contributed by atoms with Gasteiger partial charge in [-0.3, -0.25) is 4.98 Å². The number of ether oxygens (including phenoxy) is 2. The van der Waals surface area contributed by atoms with Gasteiger partial charge in [0.25, 0.3) is 0 Å². The number of aryl methyl sites for hydroxylation is 2. The molecule has 0 saturated heterocycles. The van der Waals surface area contributed by atoms with Crippen LogP contribution in [0.4, 0.5) is 0 Å².